The van der Waals surface area contributed by atoms with Crippen molar-refractivity contribution < 1.29 is 14.3 Å². The smallest absolute Gasteiger partial charge is 0.253 e. The summed E-state index contributed by atoms with van der Waals surface area (Å²) in [5, 5.41) is 2.98. The van der Waals surface area contributed by atoms with E-state index in [0.29, 0.717) is 18.7 Å². The number of carbonyl (C=O) groups is 1. The summed E-state index contributed by atoms with van der Waals surface area (Å²) in [5.41, 5.74) is 4.41. The fourth-order valence-electron chi connectivity index (χ4n) is 3.30. The second-order valence-electron chi connectivity index (χ2n) is 6.50. The van der Waals surface area contributed by atoms with E-state index in [9.17, 15) is 4.79 Å². The monoisotopic (exact) mass is 378 g/mol. The van der Waals surface area contributed by atoms with Gasteiger partial charge in [0, 0.05) is 26.0 Å². The maximum absolute atomic E-state index is 12.8. The van der Waals surface area contributed by atoms with Crippen molar-refractivity contribution in [1.29, 1.82) is 0 Å². The molecule has 28 heavy (non-hydrogen) atoms. The number of amides is 1. The van der Waals surface area contributed by atoms with Crippen LogP contribution in [-0.2, 0) is 4.74 Å². The molecule has 0 atom stereocenters. The lowest BCUT2D eigenvalue weighted by molar-refractivity contribution is 0.0948. The van der Waals surface area contributed by atoms with Crippen molar-refractivity contribution >= 4 is 5.91 Å². The first-order valence-corrected chi connectivity index (χ1v) is 9.35. The average Bonchev–Trinajstić information content (AvgIpc) is 3.08. The van der Waals surface area contributed by atoms with Gasteiger partial charge in [-0.2, -0.15) is 0 Å². The molecule has 0 aliphatic carbocycles. The molecule has 5 heteroatoms. The van der Waals surface area contributed by atoms with Gasteiger partial charge in [-0.15, -0.1) is 0 Å². The van der Waals surface area contributed by atoms with E-state index in [1.54, 1.807) is 14.2 Å². The van der Waals surface area contributed by atoms with Crippen LogP contribution in [0.4, 0.5) is 0 Å². The molecule has 0 aliphatic rings. The van der Waals surface area contributed by atoms with Crippen LogP contribution in [0, 0.1) is 6.92 Å². The van der Waals surface area contributed by atoms with Gasteiger partial charge in [0.2, 0.25) is 0 Å². The van der Waals surface area contributed by atoms with Gasteiger partial charge in [0.1, 0.15) is 5.75 Å². The maximum atomic E-state index is 12.8. The highest BCUT2D eigenvalue weighted by atomic mass is 16.5. The number of aromatic nitrogens is 1. The largest absolute Gasteiger partial charge is 0.495 e. The second kappa shape index (κ2) is 9.24. The summed E-state index contributed by atoms with van der Waals surface area (Å²) in [6, 6.07) is 19.8. The SMILES string of the molecule is COCCCNC(=O)c1cc(-c2ccccc2)n(-c2ccccc2OC)c1C. The molecule has 0 aliphatic heterocycles. The Bertz CT molecular complexity index is 932. The van der Waals surface area contributed by atoms with E-state index in [1.807, 2.05) is 67.6 Å². The van der Waals surface area contributed by atoms with Crippen LogP contribution in [0.5, 0.6) is 5.75 Å². The highest BCUT2D eigenvalue weighted by Gasteiger charge is 2.21. The van der Waals surface area contributed by atoms with Crippen molar-refractivity contribution in [1.82, 2.24) is 9.88 Å². The number of carbonyl (C=O) groups excluding carboxylic acids is 1. The van der Waals surface area contributed by atoms with Gasteiger partial charge in [-0.05, 0) is 37.1 Å². The summed E-state index contributed by atoms with van der Waals surface area (Å²) < 4.78 is 12.7. The molecule has 146 valence electrons. The number of nitrogens with one attached hydrogen (secondary N) is 1. The Kier molecular flexibility index (Phi) is 6.50. The molecular weight excluding hydrogens is 352 g/mol. The molecule has 0 unspecified atom stereocenters. The number of hydrogen-bond acceptors (Lipinski definition) is 3. The van der Waals surface area contributed by atoms with E-state index in [2.05, 4.69) is 9.88 Å². The Labute approximate surface area is 165 Å². The van der Waals surface area contributed by atoms with Gasteiger partial charge >= 0.3 is 0 Å². The Morgan fingerprint density at radius 1 is 1.04 bits per heavy atom. The first kappa shape index (κ1) is 19.7. The number of para-hydroxylation sites is 2. The minimum atomic E-state index is -0.0839. The van der Waals surface area contributed by atoms with Gasteiger partial charge in [0.05, 0.1) is 24.1 Å². The molecule has 0 radical (unpaired) electrons. The fraction of sp³-hybridized carbons (Fsp3) is 0.261. The van der Waals surface area contributed by atoms with E-state index >= 15 is 0 Å². The zero-order valence-corrected chi connectivity index (χ0v) is 16.6. The molecule has 0 saturated heterocycles. The van der Waals surface area contributed by atoms with Crippen LogP contribution in [0.25, 0.3) is 16.9 Å². The first-order chi connectivity index (χ1) is 13.7. The number of nitrogens with zero attached hydrogens (tertiary/aromatic N) is 1. The maximum Gasteiger partial charge on any atom is 0.253 e. The standard InChI is InChI=1S/C23H26N2O3/c1-17-19(23(26)24-14-9-15-27-2)16-21(18-10-5-4-6-11-18)25(17)20-12-7-8-13-22(20)28-3/h4-8,10-13,16H,9,14-15H2,1-3H3,(H,24,26). The normalized spacial score (nSPS) is 10.7. The second-order valence-corrected chi connectivity index (χ2v) is 6.50. The molecule has 0 spiro atoms. The minimum absolute atomic E-state index is 0.0839. The molecule has 1 heterocycles. The molecule has 0 fully saturated rings. The Morgan fingerprint density at radius 2 is 1.75 bits per heavy atom. The van der Waals surface area contributed by atoms with Crippen LogP contribution in [0.3, 0.4) is 0 Å². The highest BCUT2D eigenvalue weighted by molar-refractivity contribution is 5.97. The fourth-order valence-corrected chi connectivity index (χ4v) is 3.30. The van der Waals surface area contributed by atoms with E-state index in [0.717, 1.165) is 34.8 Å². The molecule has 3 rings (SSSR count). The lowest BCUT2D eigenvalue weighted by Gasteiger charge is -2.15. The zero-order valence-electron chi connectivity index (χ0n) is 16.6. The third-order valence-corrected chi connectivity index (χ3v) is 4.70. The lowest BCUT2D eigenvalue weighted by Crippen LogP contribution is -2.25. The quantitative estimate of drug-likeness (QED) is 0.597. The topological polar surface area (TPSA) is 52.5 Å². The van der Waals surface area contributed by atoms with Crippen molar-refractivity contribution in [2.45, 2.75) is 13.3 Å². The van der Waals surface area contributed by atoms with Crippen LogP contribution < -0.4 is 10.1 Å². The molecule has 1 aromatic heterocycles. The molecule has 2 aromatic carbocycles. The number of hydrogen-bond donors (Lipinski definition) is 1. The Balaban J connectivity index is 2.07. The summed E-state index contributed by atoms with van der Waals surface area (Å²) in [4.78, 5) is 12.8. The van der Waals surface area contributed by atoms with Gasteiger partial charge in [0.15, 0.2) is 0 Å². The van der Waals surface area contributed by atoms with Gasteiger partial charge < -0.3 is 19.4 Å². The average molecular weight is 378 g/mol. The zero-order chi connectivity index (χ0) is 19.9. The van der Waals surface area contributed by atoms with Gasteiger partial charge in [0.25, 0.3) is 5.91 Å². The van der Waals surface area contributed by atoms with Crippen molar-refractivity contribution in [2.75, 3.05) is 27.4 Å². The Morgan fingerprint density at radius 3 is 2.46 bits per heavy atom. The number of methoxy groups -OCH3 is 2. The Hall–Kier alpha value is -3.05. The van der Waals surface area contributed by atoms with Crippen molar-refractivity contribution in [2.24, 2.45) is 0 Å². The highest BCUT2D eigenvalue weighted by Crippen LogP contribution is 2.33. The number of benzene rings is 2. The third-order valence-electron chi connectivity index (χ3n) is 4.70. The van der Waals surface area contributed by atoms with Gasteiger partial charge in [-0.3, -0.25) is 4.79 Å². The third kappa shape index (κ3) is 4.10. The van der Waals surface area contributed by atoms with Gasteiger partial charge in [-0.1, -0.05) is 42.5 Å². The molecule has 3 aromatic rings. The van der Waals surface area contributed by atoms with Crippen LogP contribution in [0.2, 0.25) is 0 Å². The predicted octanol–water partition coefficient (Wildman–Crippen LogP) is 4.23. The van der Waals surface area contributed by atoms with Crippen LogP contribution in [0.1, 0.15) is 22.5 Å². The number of ether oxygens (including phenoxy) is 2. The van der Waals surface area contributed by atoms with Crippen LogP contribution >= 0.6 is 0 Å². The number of rotatable bonds is 8. The molecule has 5 nitrogen and oxygen atoms in total. The summed E-state index contributed by atoms with van der Waals surface area (Å²) in [5.74, 6) is 0.671. The van der Waals surface area contributed by atoms with E-state index in [-0.39, 0.29) is 5.91 Å². The molecule has 0 saturated carbocycles. The summed E-state index contributed by atoms with van der Waals surface area (Å²) in [6.45, 7) is 3.16. The molecular formula is C23H26N2O3. The van der Waals surface area contributed by atoms with Crippen molar-refractivity contribution in [3.8, 4) is 22.7 Å². The molecule has 0 bridgehead atoms. The first-order valence-electron chi connectivity index (χ1n) is 9.35. The predicted molar refractivity (Wildman–Crippen MR) is 111 cm³/mol. The van der Waals surface area contributed by atoms with Crippen molar-refractivity contribution in [3.05, 3.63) is 71.9 Å². The van der Waals surface area contributed by atoms with Crippen molar-refractivity contribution in [3.63, 3.8) is 0 Å². The van der Waals surface area contributed by atoms with Gasteiger partial charge in [-0.25, -0.2) is 0 Å². The summed E-state index contributed by atoms with van der Waals surface area (Å²) >= 11 is 0. The lowest BCUT2D eigenvalue weighted by atomic mass is 10.1. The van der Waals surface area contributed by atoms with E-state index in [4.69, 9.17) is 9.47 Å². The summed E-state index contributed by atoms with van der Waals surface area (Å²) in [7, 11) is 3.31. The minimum Gasteiger partial charge on any atom is -0.495 e. The van der Waals surface area contributed by atoms with E-state index in [1.165, 1.54) is 0 Å². The van der Waals surface area contributed by atoms with E-state index < -0.39 is 0 Å². The van der Waals surface area contributed by atoms with Crippen LogP contribution in [0.15, 0.2) is 60.7 Å². The summed E-state index contributed by atoms with van der Waals surface area (Å²) in [6.07, 6.45) is 0.778. The molecule has 1 amide bonds. The van der Waals surface area contributed by atoms with Crippen LogP contribution in [-0.4, -0.2) is 37.8 Å². The molecule has 1 N–H and O–H groups in total.